The molecule has 0 bridgehead atoms. The number of benzene rings is 2. The van der Waals surface area contributed by atoms with Gasteiger partial charge in [-0.2, -0.15) is 0 Å². The number of carbonyl (C=O) groups is 1. The SMILES string of the molecule is C[C@H]1O[C@@H](c2ccc(N)cc2)OC[C@H]1NC(=O)c1ccccc1. The van der Waals surface area contributed by atoms with E-state index in [4.69, 9.17) is 15.2 Å². The first-order chi connectivity index (χ1) is 11.1. The first-order valence-electron chi connectivity index (χ1n) is 7.62. The van der Waals surface area contributed by atoms with E-state index < -0.39 is 6.29 Å². The molecule has 0 radical (unpaired) electrons. The molecular formula is C18H20N2O3. The van der Waals surface area contributed by atoms with Gasteiger partial charge in [0.05, 0.1) is 18.8 Å². The molecule has 2 aromatic carbocycles. The lowest BCUT2D eigenvalue weighted by atomic mass is 10.1. The molecule has 120 valence electrons. The van der Waals surface area contributed by atoms with Crippen molar-refractivity contribution in [3.63, 3.8) is 0 Å². The number of ether oxygens (including phenoxy) is 2. The molecule has 1 fully saturated rings. The van der Waals surface area contributed by atoms with Crippen LogP contribution in [-0.2, 0) is 9.47 Å². The zero-order valence-corrected chi connectivity index (χ0v) is 12.9. The second-order valence-corrected chi connectivity index (χ2v) is 5.62. The van der Waals surface area contributed by atoms with Crippen molar-refractivity contribution in [3.05, 3.63) is 65.7 Å². The molecule has 1 heterocycles. The predicted molar refractivity (Wildman–Crippen MR) is 87.8 cm³/mol. The summed E-state index contributed by atoms with van der Waals surface area (Å²) in [5, 5.41) is 2.96. The van der Waals surface area contributed by atoms with Gasteiger partial charge in [-0.05, 0) is 31.2 Å². The number of nitrogen functional groups attached to an aromatic ring is 1. The maximum atomic E-state index is 12.2. The third-order valence-corrected chi connectivity index (χ3v) is 3.89. The fourth-order valence-electron chi connectivity index (χ4n) is 2.48. The Bertz CT molecular complexity index is 658. The lowest BCUT2D eigenvalue weighted by molar-refractivity contribution is -0.222. The molecule has 0 saturated carbocycles. The van der Waals surface area contributed by atoms with Gasteiger partial charge in [0.1, 0.15) is 0 Å². The minimum absolute atomic E-state index is 0.124. The summed E-state index contributed by atoms with van der Waals surface area (Å²) in [4.78, 5) is 12.2. The number of carbonyl (C=O) groups excluding carboxylic acids is 1. The maximum absolute atomic E-state index is 12.2. The molecule has 3 N–H and O–H groups in total. The monoisotopic (exact) mass is 312 g/mol. The van der Waals surface area contributed by atoms with Crippen molar-refractivity contribution in [2.75, 3.05) is 12.3 Å². The average Bonchev–Trinajstić information content (AvgIpc) is 2.58. The molecule has 0 aromatic heterocycles. The number of rotatable bonds is 3. The number of nitrogens with one attached hydrogen (secondary N) is 1. The summed E-state index contributed by atoms with van der Waals surface area (Å²) in [6, 6.07) is 16.3. The van der Waals surface area contributed by atoms with Crippen LogP contribution in [0.2, 0.25) is 0 Å². The van der Waals surface area contributed by atoms with Crippen LogP contribution in [0.1, 0.15) is 29.1 Å². The summed E-state index contributed by atoms with van der Waals surface area (Å²) < 4.78 is 11.6. The van der Waals surface area contributed by atoms with E-state index in [0.717, 1.165) is 5.56 Å². The molecule has 3 rings (SSSR count). The molecule has 23 heavy (non-hydrogen) atoms. The van der Waals surface area contributed by atoms with Gasteiger partial charge >= 0.3 is 0 Å². The second kappa shape index (κ2) is 6.81. The van der Waals surface area contributed by atoms with E-state index in [9.17, 15) is 4.79 Å². The summed E-state index contributed by atoms with van der Waals surface area (Å²) in [7, 11) is 0. The minimum Gasteiger partial charge on any atom is -0.399 e. The van der Waals surface area contributed by atoms with E-state index in [-0.39, 0.29) is 18.1 Å². The van der Waals surface area contributed by atoms with Gasteiger partial charge in [-0.25, -0.2) is 0 Å². The summed E-state index contributed by atoms with van der Waals surface area (Å²) >= 11 is 0. The topological polar surface area (TPSA) is 73.6 Å². The van der Waals surface area contributed by atoms with Gasteiger partial charge in [0, 0.05) is 16.8 Å². The van der Waals surface area contributed by atoms with Crippen LogP contribution in [0.25, 0.3) is 0 Å². The van der Waals surface area contributed by atoms with Gasteiger partial charge in [-0.3, -0.25) is 4.79 Å². The van der Waals surface area contributed by atoms with Gasteiger partial charge in [-0.1, -0.05) is 30.3 Å². The van der Waals surface area contributed by atoms with Gasteiger partial charge in [0.25, 0.3) is 5.91 Å². The first-order valence-corrected chi connectivity index (χ1v) is 7.62. The van der Waals surface area contributed by atoms with E-state index in [0.29, 0.717) is 17.9 Å². The number of anilines is 1. The smallest absolute Gasteiger partial charge is 0.251 e. The van der Waals surface area contributed by atoms with Crippen molar-refractivity contribution in [3.8, 4) is 0 Å². The van der Waals surface area contributed by atoms with Crippen molar-refractivity contribution in [1.29, 1.82) is 0 Å². The Balaban J connectivity index is 1.60. The molecule has 0 spiro atoms. The third kappa shape index (κ3) is 3.70. The number of hydrogen-bond donors (Lipinski definition) is 2. The summed E-state index contributed by atoms with van der Waals surface area (Å²) in [5.41, 5.74) is 7.93. The van der Waals surface area contributed by atoms with Crippen molar-refractivity contribution in [1.82, 2.24) is 5.32 Å². The van der Waals surface area contributed by atoms with Crippen LogP contribution >= 0.6 is 0 Å². The molecule has 1 saturated heterocycles. The highest BCUT2D eigenvalue weighted by atomic mass is 16.7. The van der Waals surface area contributed by atoms with Crippen LogP contribution in [0.5, 0.6) is 0 Å². The number of amides is 1. The Hall–Kier alpha value is -2.37. The molecular weight excluding hydrogens is 292 g/mol. The lowest BCUT2D eigenvalue weighted by Crippen LogP contribution is -2.50. The zero-order valence-electron chi connectivity index (χ0n) is 12.9. The van der Waals surface area contributed by atoms with Crippen LogP contribution in [0.15, 0.2) is 54.6 Å². The third-order valence-electron chi connectivity index (χ3n) is 3.89. The summed E-state index contributed by atoms with van der Waals surface area (Å²) in [5.74, 6) is -0.124. The Morgan fingerprint density at radius 2 is 1.83 bits per heavy atom. The Kier molecular flexibility index (Phi) is 4.60. The molecule has 0 unspecified atom stereocenters. The Labute approximate surface area is 135 Å². The van der Waals surface area contributed by atoms with Gasteiger partial charge in [0.2, 0.25) is 0 Å². The van der Waals surface area contributed by atoms with Crippen LogP contribution < -0.4 is 11.1 Å². The molecule has 5 heteroatoms. The predicted octanol–water partition coefficient (Wildman–Crippen LogP) is 2.50. The fourth-order valence-corrected chi connectivity index (χ4v) is 2.48. The first kappa shape index (κ1) is 15.5. The molecule has 1 aliphatic rings. The van der Waals surface area contributed by atoms with Gasteiger partial charge in [-0.15, -0.1) is 0 Å². The van der Waals surface area contributed by atoms with Crippen LogP contribution in [-0.4, -0.2) is 24.7 Å². The highest BCUT2D eigenvalue weighted by Crippen LogP contribution is 2.27. The summed E-state index contributed by atoms with van der Waals surface area (Å²) in [6.45, 7) is 2.33. The molecule has 2 aromatic rings. The van der Waals surface area contributed by atoms with E-state index in [2.05, 4.69) is 5.32 Å². The van der Waals surface area contributed by atoms with Crippen LogP contribution in [0.3, 0.4) is 0 Å². The highest BCUT2D eigenvalue weighted by molar-refractivity contribution is 5.94. The highest BCUT2D eigenvalue weighted by Gasteiger charge is 2.31. The molecule has 3 atom stereocenters. The molecule has 5 nitrogen and oxygen atoms in total. The Morgan fingerprint density at radius 1 is 1.13 bits per heavy atom. The van der Waals surface area contributed by atoms with E-state index >= 15 is 0 Å². The Morgan fingerprint density at radius 3 is 2.48 bits per heavy atom. The molecule has 1 aliphatic heterocycles. The number of hydrogen-bond acceptors (Lipinski definition) is 4. The van der Waals surface area contributed by atoms with Crippen LogP contribution in [0, 0.1) is 0 Å². The van der Waals surface area contributed by atoms with E-state index in [1.165, 1.54) is 0 Å². The average molecular weight is 312 g/mol. The second-order valence-electron chi connectivity index (χ2n) is 5.62. The maximum Gasteiger partial charge on any atom is 0.251 e. The zero-order chi connectivity index (χ0) is 16.2. The van der Waals surface area contributed by atoms with Crippen molar-refractivity contribution in [2.45, 2.75) is 25.4 Å². The standard InChI is InChI=1S/C18H20N2O3/c1-12-16(20-17(21)13-5-3-2-4-6-13)11-22-18(23-12)14-7-9-15(19)10-8-14/h2-10,12,16,18H,11,19H2,1H3,(H,20,21)/t12-,16-,18+/m1/s1. The van der Waals surface area contributed by atoms with E-state index in [1.807, 2.05) is 49.4 Å². The summed E-state index contributed by atoms with van der Waals surface area (Å²) in [6.07, 6.45) is -0.588. The molecule has 0 aliphatic carbocycles. The quantitative estimate of drug-likeness (QED) is 0.854. The van der Waals surface area contributed by atoms with Crippen molar-refractivity contribution < 1.29 is 14.3 Å². The van der Waals surface area contributed by atoms with Crippen LogP contribution in [0.4, 0.5) is 5.69 Å². The van der Waals surface area contributed by atoms with E-state index in [1.54, 1.807) is 12.1 Å². The minimum atomic E-state index is -0.435. The normalized spacial score (nSPS) is 24.1. The number of nitrogens with two attached hydrogens (primary N) is 1. The fraction of sp³-hybridized carbons (Fsp3) is 0.278. The lowest BCUT2D eigenvalue weighted by Gasteiger charge is -2.35. The molecule has 1 amide bonds. The van der Waals surface area contributed by atoms with Crippen molar-refractivity contribution >= 4 is 11.6 Å². The van der Waals surface area contributed by atoms with Gasteiger partial charge in [0.15, 0.2) is 6.29 Å². The van der Waals surface area contributed by atoms with Gasteiger partial charge < -0.3 is 20.5 Å². The van der Waals surface area contributed by atoms with Crippen molar-refractivity contribution in [2.24, 2.45) is 0 Å². The largest absolute Gasteiger partial charge is 0.399 e.